The van der Waals surface area contributed by atoms with Crippen LogP contribution in [0.3, 0.4) is 0 Å². The summed E-state index contributed by atoms with van der Waals surface area (Å²) < 4.78 is 39.0. The van der Waals surface area contributed by atoms with Crippen molar-refractivity contribution in [3.63, 3.8) is 0 Å². The van der Waals surface area contributed by atoms with Crippen LogP contribution in [0.4, 0.5) is 24.5 Å². The third kappa shape index (κ3) is 3.76. The van der Waals surface area contributed by atoms with E-state index in [-0.39, 0.29) is 16.4 Å². The Hall–Kier alpha value is -2.54. The van der Waals surface area contributed by atoms with Crippen LogP contribution in [0.5, 0.6) is 0 Å². The van der Waals surface area contributed by atoms with E-state index >= 15 is 0 Å². The molecule has 2 rings (SSSR count). The number of carbonyl (C=O) groups is 2. The summed E-state index contributed by atoms with van der Waals surface area (Å²) in [4.78, 5) is 23.2. The fourth-order valence-corrected chi connectivity index (χ4v) is 1.71. The SMILES string of the molecule is O=C(Nc1ccc(F)c(Cl)c1)C(=O)Nc1ccc(F)cc1F. The molecule has 22 heavy (non-hydrogen) atoms. The van der Waals surface area contributed by atoms with Crippen LogP contribution in [0.1, 0.15) is 0 Å². The normalized spacial score (nSPS) is 10.2. The number of halogens is 4. The Kier molecular flexibility index (Phi) is 4.67. The molecule has 0 aromatic heterocycles. The smallest absolute Gasteiger partial charge is 0.314 e. The summed E-state index contributed by atoms with van der Waals surface area (Å²) in [7, 11) is 0. The van der Waals surface area contributed by atoms with Crippen molar-refractivity contribution in [2.24, 2.45) is 0 Å². The number of carbonyl (C=O) groups excluding carboxylic acids is 2. The second-order valence-corrected chi connectivity index (χ2v) is 4.57. The number of rotatable bonds is 2. The molecule has 0 saturated heterocycles. The van der Waals surface area contributed by atoms with E-state index in [1.807, 2.05) is 5.32 Å². The summed E-state index contributed by atoms with van der Waals surface area (Å²) in [6.07, 6.45) is 0. The number of benzene rings is 2. The van der Waals surface area contributed by atoms with E-state index in [0.29, 0.717) is 6.07 Å². The molecule has 114 valence electrons. The molecule has 0 fully saturated rings. The van der Waals surface area contributed by atoms with Crippen molar-refractivity contribution in [3.8, 4) is 0 Å². The summed E-state index contributed by atoms with van der Waals surface area (Å²) in [5.74, 6) is -4.82. The lowest BCUT2D eigenvalue weighted by atomic mass is 10.3. The Balaban J connectivity index is 2.05. The zero-order valence-electron chi connectivity index (χ0n) is 10.8. The number of amides is 2. The first-order valence-corrected chi connectivity index (χ1v) is 6.27. The maximum absolute atomic E-state index is 13.4. The van der Waals surface area contributed by atoms with Crippen LogP contribution < -0.4 is 10.6 Å². The van der Waals surface area contributed by atoms with Gasteiger partial charge in [-0.05, 0) is 30.3 Å². The summed E-state index contributed by atoms with van der Waals surface area (Å²) in [6, 6.07) is 5.79. The maximum atomic E-state index is 13.4. The molecule has 0 spiro atoms. The highest BCUT2D eigenvalue weighted by Gasteiger charge is 2.16. The summed E-state index contributed by atoms with van der Waals surface area (Å²) in [5, 5.41) is 3.91. The Labute approximate surface area is 127 Å². The van der Waals surface area contributed by atoms with Crippen LogP contribution in [0.25, 0.3) is 0 Å². The van der Waals surface area contributed by atoms with Crippen molar-refractivity contribution in [2.75, 3.05) is 10.6 Å². The zero-order valence-corrected chi connectivity index (χ0v) is 11.5. The van der Waals surface area contributed by atoms with E-state index in [9.17, 15) is 22.8 Å². The molecule has 2 aromatic carbocycles. The van der Waals surface area contributed by atoms with Gasteiger partial charge in [-0.2, -0.15) is 0 Å². The predicted octanol–water partition coefficient (Wildman–Crippen LogP) is 3.33. The van der Waals surface area contributed by atoms with Gasteiger partial charge in [-0.25, -0.2) is 13.2 Å². The van der Waals surface area contributed by atoms with Gasteiger partial charge in [-0.1, -0.05) is 11.6 Å². The van der Waals surface area contributed by atoms with E-state index in [1.54, 1.807) is 0 Å². The molecule has 0 bridgehead atoms. The quantitative estimate of drug-likeness (QED) is 0.831. The Morgan fingerprint density at radius 1 is 0.864 bits per heavy atom. The number of anilines is 2. The van der Waals surface area contributed by atoms with Gasteiger partial charge in [0.2, 0.25) is 0 Å². The molecule has 0 saturated carbocycles. The molecule has 8 heteroatoms. The number of nitrogens with one attached hydrogen (secondary N) is 2. The van der Waals surface area contributed by atoms with Crippen molar-refractivity contribution < 1.29 is 22.8 Å². The minimum Gasteiger partial charge on any atom is -0.318 e. The first-order valence-electron chi connectivity index (χ1n) is 5.89. The monoisotopic (exact) mass is 328 g/mol. The standard InChI is InChI=1S/C14H8ClF3N2O2/c15-9-6-8(2-3-10(9)17)19-13(21)14(22)20-12-4-1-7(16)5-11(12)18/h1-6H,(H,19,21)(H,20,22). The summed E-state index contributed by atoms with van der Waals surface area (Å²) in [5.41, 5.74) is -0.259. The average molecular weight is 329 g/mol. The minimum atomic E-state index is -1.18. The average Bonchev–Trinajstić information content (AvgIpc) is 2.45. The highest BCUT2D eigenvalue weighted by molar-refractivity contribution is 6.43. The molecule has 0 aliphatic heterocycles. The second kappa shape index (κ2) is 6.48. The molecule has 0 unspecified atom stereocenters. The Morgan fingerprint density at radius 2 is 1.55 bits per heavy atom. The van der Waals surface area contributed by atoms with Gasteiger partial charge in [0.1, 0.15) is 17.5 Å². The number of hydrogen-bond donors (Lipinski definition) is 2. The topological polar surface area (TPSA) is 58.2 Å². The van der Waals surface area contributed by atoms with Gasteiger partial charge in [0.15, 0.2) is 0 Å². The molecule has 4 nitrogen and oxygen atoms in total. The van der Waals surface area contributed by atoms with E-state index in [1.165, 1.54) is 6.07 Å². The maximum Gasteiger partial charge on any atom is 0.314 e. The molecule has 0 radical (unpaired) electrons. The molecule has 2 aromatic rings. The van der Waals surface area contributed by atoms with Gasteiger partial charge in [0, 0.05) is 11.8 Å². The van der Waals surface area contributed by atoms with Crippen molar-refractivity contribution in [1.82, 2.24) is 0 Å². The molecular formula is C14H8ClF3N2O2. The van der Waals surface area contributed by atoms with Crippen LogP contribution in [0.15, 0.2) is 36.4 Å². The lowest BCUT2D eigenvalue weighted by molar-refractivity contribution is -0.133. The van der Waals surface area contributed by atoms with Crippen LogP contribution in [-0.4, -0.2) is 11.8 Å². The van der Waals surface area contributed by atoms with Gasteiger partial charge in [0.25, 0.3) is 0 Å². The largest absolute Gasteiger partial charge is 0.318 e. The number of hydrogen-bond acceptors (Lipinski definition) is 2. The van der Waals surface area contributed by atoms with Crippen LogP contribution >= 0.6 is 11.6 Å². The van der Waals surface area contributed by atoms with Crippen molar-refractivity contribution in [1.29, 1.82) is 0 Å². The summed E-state index contributed by atoms with van der Waals surface area (Å²) >= 11 is 5.53. The van der Waals surface area contributed by atoms with E-state index in [2.05, 4.69) is 5.32 Å². The molecule has 2 N–H and O–H groups in total. The van der Waals surface area contributed by atoms with Crippen LogP contribution in [-0.2, 0) is 9.59 Å². The fraction of sp³-hybridized carbons (Fsp3) is 0. The lowest BCUT2D eigenvalue weighted by Crippen LogP contribution is -2.29. The van der Waals surface area contributed by atoms with Gasteiger partial charge < -0.3 is 10.6 Å². The molecule has 2 amide bonds. The molecule has 0 aliphatic carbocycles. The van der Waals surface area contributed by atoms with E-state index < -0.39 is 29.3 Å². The van der Waals surface area contributed by atoms with Crippen molar-refractivity contribution in [3.05, 3.63) is 58.9 Å². The van der Waals surface area contributed by atoms with Gasteiger partial charge >= 0.3 is 11.8 Å². The van der Waals surface area contributed by atoms with Crippen LogP contribution in [0, 0.1) is 17.5 Å². The first-order chi connectivity index (χ1) is 10.4. The molecule has 0 aliphatic rings. The van der Waals surface area contributed by atoms with Crippen molar-refractivity contribution in [2.45, 2.75) is 0 Å². The summed E-state index contributed by atoms with van der Waals surface area (Å²) in [6.45, 7) is 0. The predicted molar refractivity (Wildman–Crippen MR) is 75.0 cm³/mol. The second-order valence-electron chi connectivity index (χ2n) is 4.16. The lowest BCUT2D eigenvalue weighted by Gasteiger charge is -2.08. The van der Waals surface area contributed by atoms with E-state index in [4.69, 9.17) is 11.6 Å². The van der Waals surface area contributed by atoms with Gasteiger partial charge in [-0.15, -0.1) is 0 Å². The first kappa shape index (κ1) is 15.8. The third-order valence-corrected chi connectivity index (χ3v) is 2.85. The molecular weight excluding hydrogens is 321 g/mol. The highest BCUT2D eigenvalue weighted by Crippen LogP contribution is 2.19. The van der Waals surface area contributed by atoms with E-state index in [0.717, 1.165) is 24.3 Å². The molecule has 0 atom stereocenters. The third-order valence-electron chi connectivity index (χ3n) is 2.56. The zero-order chi connectivity index (χ0) is 16.3. The minimum absolute atomic E-state index is 0.0890. The Morgan fingerprint density at radius 3 is 2.18 bits per heavy atom. The Bertz CT molecular complexity index is 753. The van der Waals surface area contributed by atoms with Crippen molar-refractivity contribution >= 4 is 34.8 Å². The molecule has 0 heterocycles. The highest BCUT2D eigenvalue weighted by atomic mass is 35.5. The van der Waals surface area contributed by atoms with Gasteiger partial charge in [-0.3, -0.25) is 9.59 Å². The fourth-order valence-electron chi connectivity index (χ4n) is 1.53. The van der Waals surface area contributed by atoms with Crippen LogP contribution in [0.2, 0.25) is 5.02 Å². The van der Waals surface area contributed by atoms with Gasteiger partial charge in [0.05, 0.1) is 10.7 Å².